The molecule has 4 nitrogen and oxygen atoms in total. The van der Waals surface area contributed by atoms with Gasteiger partial charge in [0.2, 0.25) is 0 Å². The Morgan fingerprint density at radius 1 is 1.30 bits per heavy atom. The maximum Gasteiger partial charge on any atom is 0.134 e. The van der Waals surface area contributed by atoms with Gasteiger partial charge in [0.25, 0.3) is 0 Å². The summed E-state index contributed by atoms with van der Waals surface area (Å²) in [5, 5.41) is 4.55. The molecule has 0 spiro atoms. The molecular weight excluding hydrogens is 254 g/mol. The quantitative estimate of drug-likeness (QED) is 0.880. The third-order valence-electron chi connectivity index (χ3n) is 3.52. The second-order valence-corrected chi connectivity index (χ2v) is 5.51. The Labute approximate surface area is 119 Å². The van der Waals surface area contributed by atoms with Gasteiger partial charge in [-0.15, -0.1) is 0 Å². The summed E-state index contributed by atoms with van der Waals surface area (Å²) >= 11 is 0. The number of fused-ring (bicyclic) bond motifs is 1. The van der Waals surface area contributed by atoms with Gasteiger partial charge in [-0.3, -0.25) is 0 Å². The molecule has 0 amide bonds. The molecule has 0 radical (unpaired) electrons. The van der Waals surface area contributed by atoms with E-state index in [-0.39, 0.29) is 6.10 Å². The molecule has 1 aromatic carbocycles. The predicted octanol–water partition coefficient (Wildman–Crippen LogP) is 2.85. The van der Waals surface area contributed by atoms with Gasteiger partial charge in [0.1, 0.15) is 17.4 Å². The first-order chi connectivity index (χ1) is 9.74. The van der Waals surface area contributed by atoms with Crippen molar-refractivity contribution in [1.29, 1.82) is 0 Å². The van der Waals surface area contributed by atoms with Crippen molar-refractivity contribution in [2.75, 3.05) is 13.2 Å². The van der Waals surface area contributed by atoms with Gasteiger partial charge in [0.15, 0.2) is 0 Å². The van der Waals surface area contributed by atoms with Crippen LogP contribution >= 0.6 is 0 Å². The molecular formula is C16H21NO3. The molecule has 4 heteroatoms. The van der Waals surface area contributed by atoms with Crippen LogP contribution in [0.3, 0.4) is 0 Å². The average molecular weight is 275 g/mol. The SMILES string of the molecule is CC(C)NCc1oc2ccccc2c1COC1COC1. The Morgan fingerprint density at radius 3 is 2.80 bits per heavy atom. The van der Waals surface area contributed by atoms with Gasteiger partial charge in [-0.25, -0.2) is 0 Å². The van der Waals surface area contributed by atoms with Gasteiger partial charge in [-0.05, 0) is 6.07 Å². The van der Waals surface area contributed by atoms with Crippen LogP contribution in [0.25, 0.3) is 11.0 Å². The number of para-hydroxylation sites is 1. The molecule has 2 heterocycles. The van der Waals surface area contributed by atoms with Crippen molar-refractivity contribution in [3.05, 3.63) is 35.6 Å². The molecule has 1 N–H and O–H groups in total. The summed E-state index contributed by atoms with van der Waals surface area (Å²) in [6.45, 7) is 6.98. The summed E-state index contributed by atoms with van der Waals surface area (Å²) in [4.78, 5) is 0. The van der Waals surface area contributed by atoms with E-state index < -0.39 is 0 Å². The van der Waals surface area contributed by atoms with Crippen LogP contribution < -0.4 is 5.32 Å². The van der Waals surface area contributed by atoms with E-state index in [1.54, 1.807) is 0 Å². The number of ether oxygens (including phenoxy) is 2. The fourth-order valence-corrected chi connectivity index (χ4v) is 2.26. The van der Waals surface area contributed by atoms with Crippen LogP contribution in [-0.4, -0.2) is 25.4 Å². The van der Waals surface area contributed by atoms with E-state index in [0.717, 1.165) is 28.8 Å². The number of benzene rings is 1. The first-order valence-electron chi connectivity index (χ1n) is 7.16. The van der Waals surface area contributed by atoms with Gasteiger partial charge >= 0.3 is 0 Å². The molecule has 0 aliphatic carbocycles. The van der Waals surface area contributed by atoms with E-state index in [1.807, 2.05) is 18.2 Å². The maximum absolute atomic E-state index is 5.96. The van der Waals surface area contributed by atoms with Gasteiger partial charge in [-0.1, -0.05) is 32.0 Å². The molecule has 0 atom stereocenters. The minimum Gasteiger partial charge on any atom is -0.459 e. The second kappa shape index (κ2) is 5.95. The Bertz CT molecular complexity index is 572. The van der Waals surface area contributed by atoms with E-state index >= 15 is 0 Å². The van der Waals surface area contributed by atoms with Gasteiger partial charge in [0.05, 0.1) is 26.4 Å². The monoisotopic (exact) mass is 275 g/mol. The molecule has 3 rings (SSSR count). The van der Waals surface area contributed by atoms with E-state index in [9.17, 15) is 0 Å². The smallest absolute Gasteiger partial charge is 0.134 e. The highest BCUT2D eigenvalue weighted by molar-refractivity contribution is 5.82. The van der Waals surface area contributed by atoms with Crippen LogP contribution in [0.1, 0.15) is 25.2 Å². The highest BCUT2D eigenvalue weighted by atomic mass is 16.6. The standard InChI is InChI=1S/C16H21NO3/c1-11(2)17-7-16-14(10-19-12-8-18-9-12)13-5-3-4-6-15(13)20-16/h3-6,11-12,17H,7-10H2,1-2H3. The van der Waals surface area contributed by atoms with Crippen LogP contribution in [-0.2, 0) is 22.6 Å². The molecule has 20 heavy (non-hydrogen) atoms. The molecule has 1 fully saturated rings. The topological polar surface area (TPSA) is 43.6 Å². The molecule has 108 valence electrons. The summed E-state index contributed by atoms with van der Waals surface area (Å²) in [7, 11) is 0. The van der Waals surface area contributed by atoms with Crippen molar-refractivity contribution in [3.8, 4) is 0 Å². The lowest BCUT2D eigenvalue weighted by atomic mass is 10.1. The zero-order valence-corrected chi connectivity index (χ0v) is 12.0. The normalized spacial score (nSPS) is 15.9. The first kappa shape index (κ1) is 13.6. The average Bonchev–Trinajstić information content (AvgIpc) is 2.73. The minimum absolute atomic E-state index is 0.231. The molecule has 0 bridgehead atoms. The van der Waals surface area contributed by atoms with Gasteiger partial charge in [0, 0.05) is 17.0 Å². The van der Waals surface area contributed by atoms with Crippen LogP contribution in [0.2, 0.25) is 0 Å². The van der Waals surface area contributed by atoms with Gasteiger partial charge in [-0.2, -0.15) is 0 Å². The summed E-state index contributed by atoms with van der Waals surface area (Å²) in [5.74, 6) is 0.972. The molecule has 2 aromatic rings. The molecule has 1 aliphatic heterocycles. The summed E-state index contributed by atoms with van der Waals surface area (Å²) < 4.78 is 17.0. The fraction of sp³-hybridized carbons (Fsp3) is 0.500. The molecule has 1 saturated heterocycles. The van der Waals surface area contributed by atoms with E-state index in [1.165, 1.54) is 0 Å². The number of furan rings is 1. The third-order valence-corrected chi connectivity index (χ3v) is 3.52. The van der Waals surface area contributed by atoms with Crippen molar-refractivity contribution >= 4 is 11.0 Å². The van der Waals surface area contributed by atoms with E-state index in [2.05, 4.69) is 25.2 Å². The molecule has 0 unspecified atom stereocenters. The summed E-state index contributed by atoms with van der Waals surface area (Å²) in [6.07, 6.45) is 0.231. The van der Waals surface area contributed by atoms with E-state index in [0.29, 0.717) is 25.9 Å². The Balaban J connectivity index is 1.82. The third kappa shape index (κ3) is 2.87. The minimum atomic E-state index is 0.231. The van der Waals surface area contributed by atoms with Crippen molar-refractivity contribution < 1.29 is 13.9 Å². The van der Waals surface area contributed by atoms with Crippen LogP contribution in [0.4, 0.5) is 0 Å². The molecule has 1 aliphatic rings. The van der Waals surface area contributed by atoms with Gasteiger partial charge < -0.3 is 19.2 Å². The van der Waals surface area contributed by atoms with Crippen molar-refractivity contribution in [1.82, 2.24) is 5.32 Å². The number of rotatable bonds is 6. The fourth-order valence-electron chi connectivity index (χ4n) is 2.26. The number of hydrogen-bond donors (Lipinski definition) is 1. The Kier molecular flexibility index (Phi) is 4.05. The number of nitrogens with one attached hydrogen (secondary N) is 1. The number of hydrogen-bond acceptors (Lipinski definition) is 4. The summed E-state index contributed by atoms with van der Waals surface area (Å²) in [5.41, 5.74) is 2.08. The first-order valence-corrected chi connectivity index (χ1v) is 7.16. The van der Waals surface area contributed by atoms with Crippen LogP contribution in [0.15, 0.2) is 28.7 Å². The highest BCUT2D eigenvalue weighted by Gasteiger charge is 2.21. The highest BCUT2D eigenvalue weighted by Crippen LogP contribution is 2.27. The van der Waals surface area contributed by atoms with Crippen LogP contribution in [0.5, 0.6) is 0 Å². The molecule has 0 saturated carbocycles. The lowest BCUT2D eigenvalue weighted by Gasteiger charge is -2.26. The maximum atomic E-state index is 5.96. The Morgan fingerprint density at radius 2 is 2.10 bits per heavy atom. The lowest BCUT2D eigenvalue weighted by Crippen LogP contribution is -2.35. The summed E-state index contributed by atoms with van der Waals surface area (Å²) in [6, 6.07) is 8.55. The van der Waals surface area contributed by atoms with Crippen molar-refractivity contribution in [2.24, 2.45) is 0 Å². The Hall–Kier alpha value is -1.36. The zero-order valence-electron chi connectivity index (χ0n) is 12.0. The van der Waals surface area contributed by atoms with E-state index in [4.69, 9.17) is 13.9 Å². The zero-order chi connectivity index (χ0) is 13.9. The van der Waals surface area contributed by atoms with Crippen LogP contribution in [0, 0.1) is 0 Å². The lowest BCUT2D eigenvalue weighted by molar-refractivity contribution is -0.135. The largest absolute Gasteiger partial charge is 0.459 e. The van der Waals surface area contributed by atoms with Crippen molar-refractivity contribution in [2.45, 2.75) is 39.1 Å². The van der Waals surface area contributed by atoms with Crippen molar-refractivity contribution in [3.63, 3.8) is 0 Å². The second-order valence-electron chi connectivity index (χ2n) is 5.51. The molecule has 1 aromatic heterocycles. The predicted molar refractivity (Wildman–Crippen MR) is 77.6 cm³/mol.